The molecule has 2 aliphatic rings. The van der Waals surface area contributed by atoms with E-state index in [0.717, 1.165) is 24.3 Å². The van der Waals surface area contributed by atoms with Crippen molar-refractivity contribution in [1.29, 1.82) is 0 Å². The predicted molar refractivity (Wildman–Crippen MR) is 101 cm³/mol. The third-order valence-electron chi connectivity index (χ3n) is 5.45. The van der Waals surface area contributed by atoms with E-state index < -0.39 is 5.97 Å². The Morgan fingerprint density at radius 2 is 1.88 bits per heavy atom. The molecule has 0 saturated carbocycles. The lowest BCUT2D eigenvalue weighted by Gasteiger charge is -2.26. The molecule has 1 N–H and O–H groups in total. The fourth-order valence-electron chi connectivity index (χ4n) is 4.22. The molecule has 0 heterocycles. The van der Waals surface area contributed by atoms with E-state index in [2.05, 4.69) is 43.3 Å². The topological polar surface area (TPSA) is 37.3 Å². The van der Waals surface area contributed by atoms with Crippen LogP contribution in [0, 0.1) is 5.92 Å². The molecule has 2 atom stereocenters. The highest BCUT2D eigenvalue weighted by atomic mass is 16.4. The van der Waals surface area contributed by atoms with E-state index in [0.29, 0.717) is 5.56 Å². The number of hydrogen-bond acceptors (Lipinski definition) is 1. The van der Waals surface area contributed by atoms with Crippen molar-refractivity contribution in [1.82, 2.24) is 0 Å². The first-order chi connectivity index (χ1) is 12.1. The Labute approximate surface area is 148 Å². The molecule has 0 radical (unpaired) electrons. The molecular weight excluding hydrogens is 308 g/mol. The maximum Gasteiger partial charge on any atom is 0.335 e. The average molecular weight is 330 g/mol. The number of allylic oxidation sites excluding steroid dienone is 4. The second-order valence-corrected chi connectivity index (χ2v) is 7.23. The minimum atomic E-state index is -0.864. The van der Waals surface area contributed by atoms with Crippen LogP contribution >= 0.6 is 0 Å². The average Bonchev–Trinajstić information content (AvgIpc) is 3.01. The third kappa shape index (κ3) is 2.93. The van der Waals surface area contributed by atoms with Crippen molar-refractivity contribution in [2.75, 3.05) is 0 Å². The highest BCUT2D eigenvalue weighted by Gasteiger charge is 2.32. The van der Waals surface area contributed by atoms with Crippen molar-refractivity contribution in [2.24, 2.45) is 5.92 Å². The van der Waals surface area contributed by atoms with E-state index in [9.17, 15) is 9.90 Å². The monoisotopic (exact) mass is 330 g/mol. The zero-order valence-electron chi connectivity index (χ0n) is 14.4. The van der Waals surface area contributed by atoms with Gasteiger partial charge in [-0.1, -0.05) is 61.0 Å². The lowest BCUT2D eigenvalue weighted by atomic mass is 9.78. The highest BCUT2D eigenvalue weighted by molar-refractivity contribution is 5.89. The number of benzene rings is 2. The molecule has 0 aromatic heterocycles. The van der Waals surface area contributed by atoms with Gasteiger partial charge in [0.15, 0.2) is 0 Å². The van der Waals surface area contributed by atoms with Crippen molar-refractivity contribution in [2.45, 2.75) is 32.1 Å². The van der Waals surface area contributed by atoms with Crippen LogP contribution < -0.4 is 0 Å². The van der Waals surface area contributed by atoms with Crippen molar-refractivity contribution in [3.8, 4) is 0 Å². The summed E-state index contributed by atoms with van der Waals surface area (Å²) in [4.78, 5) is 11.4. The summed E-state index contributed by atoms with van der Waals surface area (Å²) < 4.78 is 0. The predicted octanol–water partition coefficient (Wildman–Crippen LogP) is 5.68. The van der Waals surface area contributed by atoms with Gasteiger partial charge in [0, 0.05) is 5.92 Å². The largest absolute Gasteiger partial charge is 0.478 e. The first-order valence-corrected chi connectivity index (χ1v) is 8.95. The smallest absolute Gasteiger partial charge is 0.335 e. The van der Waals surface area contributed by atoms with Crippen LogP contribution in [0.2, 0.25) is 0 Å². The Bertz CT molecular complexity index is 874. The molecule has 0 bridgehead atoms. The van der Waals surface area contributed by atoms with Crippen molar-refractivity contribution in [3.05, 3.63) is 88.5 Å². The molecule has 0 spiro atoms. The number of carbonyl (C=O) groups is 1. The minimum Gasteiger partial charge on any atom is -0.478 e. The quantitative estimate of drug-likeness (QED) is 0.786. The molecule has 0 aliphatic heterocycles. The van der Waals surface area contributed by atoms with Gasteiger partial charge in [-0.05, 0) is 59.6 Å². The molecule has 2 unspecified atom stereocenters. The summed E-state index contributed by atoms with van der Waals surface area (Å²) in [6.07, 6.45) is 5.80. The normalized spacial score (nSPS) is 22.5. The maximum atomic E-state index is 11.4. The van der Waals surface area contributed by atoms with Crippen LogP contribution in [0.3, 0.4) is 0 Å². The van der Waals surface area contributed by atoms with Gasteiger partial charge in [-0.25, -0.2) is 4.79 Å². The molecule has 2 aromatic rings. The Morgan fingerprint density at radius 3 is 2.64 bits per heavy atom. The molecule has 2 heteroatoms. The summed E-state index contributed by atoms with van der Waals surface area (Å²) in [5.74, 6) is 0.0388. The first kappa shape index (κ1) is 15.9. The van der Waals surface area contributed by atoms with Crippen LogP contribution in [0.1, 0.15) is 53.6 Å². The summed E-state index contributed by atoms with van der Waals surface area (Å²) >= 11 is 0. The van der Waals surface area contributed by atoms with E-state index >= 15 is 0 Å². The Balaban J connectivity index is 1.83. The van der Waals surface area contributed by atoms with Crippen LogP contribution in [-0.4, -0.2) is 11.1 Å². The van der Waals surface area contributed by atoms with Crippen molar-refractivity contribution >= 4 is 11.5 Å². The highest BCUT2D eigenvalue weighted by Crippen LogP contribution is 2.50. The van der Waals surface area contributed by atoms with Gasteiger partial charge in [-0.15, -0.1) is 0 Å². The van der Waals surface area contributed by atoms with Crippen molar-refractivity contribution < 1.29 is 9.90 Å². The molecule has 0 saturated heterocycles. The van der Waals surface area contributed by atoms with Gasteiger partial charge < -0.3 is 5.11 Å². The molecular formula is C23H22O2. The Morgan fingerprint density at radius 1 is 1.08 bits per heavy atom. The molecule has 25 heavy (non-hydrogen) atoms. The summed E-state index contributed by atoms with van der Waals surface area (Å²) in [5.41, 5.74) is 6.94. The minimum absolute atomic E-state index is 0.184. The molecule has 0 fully saturated rings. The second-order valence-electron chi connectivity index (χ2n) is 7.23. The lowest BCUT2D eigenvalue weighted by Crippen LogP contribution is -2.10. The molecule has 126 valence electrons. The number of hydrogen-bond donors (Lipinski definition) is 1. The molecule has 4 rings (SSSR count). The van der Waals surface area contributed by atoms with E-state index in [4.69, 9.17) is 0 Å². The van der Waals surface area contributed by atoms with Crippen LogP contribution in [0.25, 0.3) is 5.57 Å². The molecule has 2 aliphatic carbocycles. The zero-order valence-corrected chi connectivity index (χ0v) is 14.4. The summed E-state index contributed by atoms with van der Waals surface area (Å²) in [5, 5.41) is 9.38. The van der Waals surface area contributed by atoms with Gasteiger partial charge in [0.25, 0.3) is 0 Å². The third-order valence-corrected chi connectivity index (χ3v) is 5.45. The van der Waals surface area contributed by atoms with Crippen molar-refractivity contribution in [3.63, 3.8) is 0 Å². The zero-order chi connectivity index (χ0) is 17.4. The number of aromatic carboxylic acids is 1. The van der Waals surface area contributed by atoms with Gasteiger partial charge >= 0.3 is 5.97 Å². The molecule has 2 aromatic carbocycles. The van der Waals surface area contributed by atoms with Gasteiger partial charge in [0.05, 0.1) is 5.56 Å². The van der Waals surface area contributed by atoms with Gasteiger partial charge in [0.1, 0.15) is 0 Å². The number of rotatable bonds is 3. The molecule has 2 nitrogen and oxygen atoms in total. The van der Waals surface area contributed by atoms with E-state index in [1.54, 1.807) is 6.07 Å². The fraction of sp³-hybridized carbons (Fsp3) is 0.261. The summed E-state index contributed by atoms with van der Waals surface area (Å²) in [7, 11) is 0. The molecule has 0 amide bonds. The van der Waals surface area contributed by atoms with E-state index in [-0.39, 0.29) is 5.92 Å². The standard InChI is InChI=1S/C23H22O2/c1-15-10-11-20-19(12-15)14-21(16-6-3-2-4-7-16)22(20)17-8-5-9-18(13-17)23(24)25/h2-9,13-15,22H,10-12H2,1H3,(H,24,25). The maximum absolute atomic E-state index is 11.4. The summed E-state index contributed by atoms with van der Waals surface area (Å²) in [6, 6.07) is 17.9. The number of carboxylic acid groups (broad SMARTS) is 1. The van der Waals surface area contributed by atoms with E-state index in [1.165, 1.54) is 28.7 Å². The summed E-state index contributed by atoms with van der Waals surface area (Å²) in [6.45, 7) is 2.32. The van der Waals surface area contributed by atoms with Gasteiger partial charge in [0.2, 0.25) is 0 Å². The Hall–Kier alpha value is -2.61. The van der Waals surface area contributed by atoms with Crippen LogP contribution in [0.4, 0.5) is 0 Å². The number of carboxylic acids is 1. The lowest BCUT2D eigenvalue weighted by molar-refractivity contribution is 0.0696. The fourth-order valence-corrected chi connectivity index (χ4v) is 4.22. The van der Waals surface area contributed by atoms with Gasteiger partial charge in [-0.3, -0.25) is 0 Å². The van der Waals surface area contributed by atoms with Crippen LogP contribution in [0.15, 0.2) is 71.8 Å². The second kappa shape index (κ2) is 6.36. The van der Waals surface area contributed by atoms with Crippen LogP contribution in [0.5, 0.6) is 0 Å². The SMILES string of the molecule is CC1CCC2=C(C=C(c3ccccc3)C2c2cccc(C(=O)O)c2)C1. The van der Waals surface area contributed by atoms with Gasteiger partial charge in [-0.2, -0.15) is 0 Å². The van der Waals surface area contributed by atoms with Crippen LogP contribution in [-0.2, 0) is 0 Å². The Kier molecular flexibility index (Phi) is 4.04. The van der Waals surface area contributed by atoms with E-state index in [1.807, 2.05) is 18.2 Å². The first-order valence-electron chi connectivity index (χ1n) is 8.95.